The molecule has 7 nitrogen and oxygen atoms in total. The zero-order valence-electron chi connectivity index (χ0n) is 17.3. The largest absolute Gasteiger partial charge is 0.493 e. The predicted octanol–water partition coefficient (Wildman–Crippen LogP) is 2.27. The molecule has 0 aliphatic rings. The molecular weight excluding hydrogens is 394 g/mol. The summed E-state index contributed by atoms with van der Waals surface area (Å²) in [5.74, 6) is 0.786. The molecule has 0 radical (unpaired) electrons. The SMILES string of the molecule is COc1cc(C[NH2+][C@H](C(=O)NC(N)=O)c2ccccc2)ccc1OCc1ccccc1. The molecule has 0 bridgehead atoms. The number of urea groups is 1. The van der Waals surface area contributed by atoms with Gasteiger partial charge in [0.25, 0.3) is 5.91 Å². The van der Waals surface area contributed by atoms with E-state index in [-0.39, 0.29) is 0 Å². The first-order valence-corrected chi connectivity index (χ1v) is 9.89. The van der Waals surface area contributed by atoms with Gasteiger partial charge in [-0.15, -0.1) is 0 Å². The summed E-state index contributed by atoms with van der Waals surface area (Å²) in [6.07, 6.45) is 0. The summed E-state index contributed by atoms with van der Waals surface area (Å²) in [6, 6.07) is 23.3. The molecule has 31 heavy (non-hydrogen) atoms. The molecule has 0 heterocycles. The molecule has 3 aromatic rings. The summed E-state index contributed by atoms with van der Waals surface area (Å²) in [5, 5.41) is 4.01. The van der Waals surface area contributed by atoms with Crippen molar-refractivity contribution in [3.05, 3.63) is 95.6 Å². The van der Waals surface area contributed by atoms with Gasteiger partial charge in [0.05, 0.1) is 7.11 Å². The highest BCUT2D eigenvalue weighted by atomic mass is 16.5. The minimum absolute atomic E-state index is 0.437. The van der Waals surface area contributed by atoms with Crippen LogP contribution in [-0.4, -0.2) is 19.0 Å². The lowest BCUT2D eigenvalue weighted by Crippen LogP contribution is -2.86. The van der Waals surface area contributed by atoms with Crippen LogP contribution in [0.4, 0.5) is 4.79 Å². The van der Waals surface area contributed by atoms with E-state index in [2.05, 4.69) is 5.32 Å². The third kappa shape index (κ3) is 6.32. The molecule has 0 aromatic heterocycles. The van der Waals surface area contributed by atoms with Crippen LogP contribution in [0.3, 0.4) is 0 Å². The van der Waals surface area contributed by atoms with Crippen LogP contribution in [0.25, 0.3) is 0 Å². The standard InChI is InChI=1S/C24H25N3O4/c1-30-21-14-18(12-13-20(21)31-16-17-8-4-2-5-9-17)15-26-22(23(28)27-24(25)29)19-10-6-3-7-11-19/h2-14,22,26H,15-16H2,1H3,(H3,25,27,28,29)/p+1/t22-/m0/s1. The fourth-order valence-corrected chi connectivity index (χ4v) is 3.20. The van der Waals surface area contributed by atoms with Gasteiger partial charge in [-0.2, -0.15) is 0 Å². The summed E-state index contributed by atoms with van der Waals surface area (Å²) >= 11 is 0. The minimum Gasteiger partial charge on any atom is -0.493 e. The Kier molecular flexibility index (Phi) is 7.61. The number of rotatable bonds is 9. The zero-order chi connectivity index (χ0) is 22.1. The second-order valence-electron chi connectivity index (χ2n) is 6.94. The highest BCUT2D eigenvalue weighted by Crippen LogP contribution is 2.28. The summed E-state index contributed by atoms with van der Waals surface area (Å²) in [4.78, 5) is 23.6. The van der Waals surface area contributed by atoms with E-state index in [0.29, 0.717) is 24.7 Å². The Labute approximate surface area is 181 Å². The van der Waals surface area contributed by atoms with Gasteiger partial charge in [-0.3, -0.25) is 10.1 Å². The van der Waals surface area contributed by atoms with Gasteiger partial charge in [0.15, 0.2) is 17.5 Å². The molecule has 0 fully saturated rings. The molecule has 0 aliphatic heterocycles. The van der Waals surface area contributed by atoms with Crippen molar-refractivity contribution >= 4 is 11.9 Å². The number of nitrogens with one attached hydrogen (secondary N) is 1. The Hall–Kier alpha value is -3.84. The monoisotopic (exact) mass is 420 g/mol. The first-order valence-electron chi connectivity index (χ1n) is 9.89. The van der Waals surface area contributed by atoms with Crippen molar-refractivity contribution in [2.45, 2.75) is 19.2 Å². The van der Waals surface area contributed by atoms with Crippen molar-refractivity contribution in [3.63, 3.8) is 0 Å². The van der Waals surface area contributed by atoms with Crippen LogP contribution in [-0.2, 0) is 17.9 Å². The van der Waals surface area contributed by atoms with E-state index in [4.69, 9.17) is 15.2 Å². The number of methoxy groups -OCH3 is 1. The van der Waals surface area contributed by atoms with Gasteiger partial charge >= 0.3 is 6.03 Å². The molecule has 5 N–H and O–H groups in total. The van der Waals surface area contributed by atoms with Crippen molar-refractivity contribution in [1.29, 1.82) is 0 Å². The van der Waals surface area contributed by atoms with Crippen LogP contribution in [0.2, 0.25) is 0 Å². The number of quaternary nitrogens is 1. The molecule has 0 unspecified atom stereocenters. The number of carbonyl (C=O) groups excluding carboxylic acids is 2. The Morgan fingerprint density at radius 1 is 0.935 bits per heavy atom. The second-order valence-corrected chi connectivity index (χ2v) is 6.94. The van der Waals surface area contributed by atoms with Crippen LogP contribution in [0.5, 0.6) is 11.5 Å². The smallest absolute Gasteiger partial charge is 0.319 e. The van der Waals surface area contributed by atoms with Gasteiger partial charge in [0.1, 0.15) is 13.2 Å². The van der Waals surface area contributed by atoms with Crippen LogP contribution in [0.1, 0.15) is 22.7 Å². The van der Waals surface area contributed by atoms with E-state index in [0.717, 1.165) is 16.7 Å². The third-order valence-corrected chi connectivity index (χ3v) is 4.74. The Morgan fingerprint density at radius 2 is 1.61 bits per heavy atom. The third-order valence-electron chi connectivity index (χ3n) is 4.74. The summed E-state index contributed by atoms with van der Waals surface area (Å²) in [6.45, 7) is 0.924. The number of primary amides is 1. The van der Waals surface area contributed by atoms with Gasteiger partial charge in [0, 0.05) is 11.1 Å². The van der Waals surface area contributed by atoms with Crippen LogP contribution in [0.15, 0.2) is 78.9 Å². The van der Waals surface area contributed by atoms with Crippen molar-refractivity contribution < 1.29 is 24.4 Å². The maximum atomic E-state index is 12.5. The first-order chi connectivity index (χ1) is 15.1. The van der Waals surface area contributed by atoms with E-state index < -0.39 is 18.0 Å². The molecule has 7 heteroatoms. The number of ether oxygens (including phenoxy) is 2. The highest BCUT2D eigenvalue weighted by molar-refractivity contribution is 5.96. The normalized spacial score (nSPS) is 11.4. The average Bonchev–Trinajstić information content (AvgIpc) is 2.79. The molecular formula is C24H26N3O4+. The van der Waals surface area contributed by atoms with E-state index >= 15 is 0 Å². The predicted molar refractivity (Wildman–Crippen MR) is 116 cm³/mol. The molecule has 0 saturated carbocycles. The lowest BCUT2D eigenvalue weighted by Gasteiger charge is -2.16. The van der Waals surface area contributed by atoms with E-state index in [9.17, 15) is 9.59 Å². The lowest BCUT2D eigenvalue weighted by molar-refractivity contribution is -0.698. The van der Waals surface area contributed by atoms with Crippen LogP contribution < -0.4 is 25.8 Å². The van der Waals surface area contributed by atoms with E-state index in [1.807, 2.05) is 84.2 Å². The fraction of sp³-hybridized carbons (Fsp3) is 0.167. The summed E-state index contributed by atoms with van der Waals surface area (Å²) in [5.41, 5.74) is 7.90. The molecule has 1 atom stereocenters. The Morgan fingerprint density at radius 3 is 2.26 bits per heavy atom. The maximum Gasteiger partial charge on any atom is 0.319 e. The van der Waals surface area contributed by atoms with Crippen LogP contribution >= 0.6 is 0 Å². The van der Waals surface area contributed by atoms with E-state index in [1.165, 1.54) is 0 Å². The van der Waals surface area contributed by atoms with Gasteiger partial charge in [-0.1, -0.05) is 60.7 Å². The minimum atomic E-state index is -0.874. The summed E-state index contributed by atoms with van der Waals surface area (Å²) < 4.78 is 11.4. The lowest BCUT2D eigenvalue weighted by atomic mass is 10.1. The number of nitrogens with two attached hydrogens (primary N) is 2. The van der Waals surface area contributed by atoms with Crippen molar-refractivity contribution in [1.82, 2.24) is 5.32 Å². The van der Waals surface area contributed by atoms with Crippen molar-refractivity contribution in [2.75, 3.05) is 7.11 Å². The first kappa shape index (κ1) is 21.9. The highest BCUT2D eigenvalue weighted by Gasteiger charge is 2.25. The van der Waals surface area contributed by atoms with Gasteiger partial charge in [-0.05, 0) is 23.8 Å². The zero-order valence-corrected chi connectivity index (χ0v) is 17.3. The molecule has 3 rings (SSSR count). The number of amides is 3. The molecule has 3 amide bonds. The molecule has 3 aromatic carbocycles. The number of carbonyl (C=O) groups is 2. The number of benzene rings is 3. The molecule has 0 spiro atoms. The fourth-order valence-electron chi connectivity index (χ4n) is 3.20. The Bertz CT molecular complexity index is 1010. The maximum absolute atomic E-state index is 12.5. The van der Waals surface area contributed by atoms with Crippen LogP contribution in [0, 0.1) is 0 Å². The quantitative estimate of drug-likeness (QED) is 0.494. The van der Waals surface area contributed by atoms with Crippen molar-refractivity contribution in [3.8, 4) is 11.5 Å². The van der Waals surface area contributed by atoms with E-state index in [1.54, 1.807) is 7.11 Å². The molecule has 0 saturated heterocycles. The van der Waals surface area contributed by atoms with Gasteiger partial charge in [0.2, 0.25) is 0 Å². The van der Waals surface area contributed by atoms with Gasteiger partial charge in [-0.25, -0.2) is 4.79 Å². The van der Waals surface area contributed by atoms with Gasteiger partial charge < -0.3 is 20.5 Å². The van der Waals surface area contributed by atoms with Crippen molar-refractivity contribution in [2.24, 2.45) is 5.73 Å². The number of hydrogen-bond donors (Lipinski definition) is 3. The topological polar surface area (TPSA) is 107 Å². The molecule has 160 valence electrons. The number of imide groups is 1. The number of hydrogen-bond acceptors (Lipinski definition) is 4. The average molecular weight is 420 g/mol. The second kappa shape index (κ2) is 10.8. The summed E-state index contributed by atoms with van der Waals surface area (Å²) in [7, 11) is 1.59. The molecule has 0 aliphatic carbocycles. The Balaban J connectivity index is 1.70.